The number of hydrogen-bond acceptors (Lipinski definition) is 9. The van der Waals surface area contributed by atoms with Crippen LogP contribution in [0.3, 0.4) is 0 Å². The molecule has 0 spiro atoms. The minimum absolute atomic E-state index is 0.00779. The molecular formula is C31H36N2O8. The summed E-state index contributed by atoms with van der Waals surface area (Å²) in [5.74, 6) is -0.0283. The van der Waals surface area contributed by atoms with Gasteiger partial charge in [-0.15, -0.1) is 0 Å². The van der Waals surface area contributed by atoms with Crippen LogP contribution in [-0.4, -0.2) is 54.0 Å². The van der Waals surface area contributed by atoms with Gasteiger partial charge in [0.1, 0.15) is 5.76 Å². The van der Waals surface area contributed by atoms with Gasteiger partial charge in [0.25, 0.3) is 5.56 Å². The Bertz CT molecular complexity index is 1540. The Labute approximate surface area is 238 Å². The van der Waals surface area contributed by atoms with E-state index in [1.54, 1.807) is 30.3 Å². The molecule has 3 aromatic rings. The van der Waals surface area contributed by atoms with Crippen LogP contribution in [0.25, 0.3) is 0 Å². The van der Waals surface area contributed by atoms with Crippen molar-refractivity contribution in [1.29, 1.82) is 0 Å². The highest BCUT2D eigenvalue weighted by molar-refractivity contribution is 5.71. The zero-order valence-corrected chi connectivity index (χ0v) is 23.8. The van der Waals surface area contributed by atoms with Crippen molar-refractivity contribution < 1.29 is 28.5 Å². The molecule has 0 radical (unpaired) electrons. The number of carbonyl (C=O) groups excluding carboxylic acids is 1. The van der Waals surface area contributed by atoms with E-state index in [1.807, 2.05) is 24.5 Å². The number of benzene rings is 1. The Morgan fingerprint density at radius 1 is 1.07 bits per heavy atom. The average molecular weight is 565 g/mol. The minimum Gasteiger partial charge on any atom is -0.502 e. The second kappa shape index (κ2) is 11.8. The number of methoxy groups -OCH3 is 2. The lowest BCUT2D eigenvalue weighted by atomic mass is 9.83. The minimum atomic E-state index is -0.809. The van der Waals surface area contributed by atoms with Crippen molar-refractivity contribution in [2.24, 2.45) is 5.92 Å². The van der Waals surface area contributed by atoms with E-state index >= 15 is 0 Å². The van der Waals surface area contributed by atoms with E-state index in [1.165, 1.54) is 20.3 Å². The van der Waals surface area contributed by atoms with Crippen LogP contribution in [0.5, 0.6) is 17.2 Å². The molecule has 4 heterocycles. The summed E-state index contributed by atoms with van der Waals surface area (Å²) < 4.78 is 24.4. The van der Waals surface area contributed by atoms with E-state index < -0.39 is 23.1 Å². The Balaban J connectivity index is 1.47. The molecule has 41 heavy (non-hydrogen) atoms. The van der Waals surface area contributed by atoms with Crippen LogP contribution in [0.1, 0.15) is 61.3 Å². The van der Waals surface area contributed by atoms with E-state index in [9.17, 15) is 19.5 Å². The number of ether oxygens (including phenoxy) is 3. The van der Waals surface area contributed by atoms with Gasteiger partial charge >= 0.3 is 5.97 Å². The van der Waals surface area contributed by atoms with Crippen LogP contribution in [0.15, 0.2) is 56.5 Å². The Morgan fingerprint density at radius 2 is 1.88 bits per heavy atom. The van der Waals surface area contributed by atoms with Gasteiger partial charge in [-0.1, -0.05) is 12.1 Å². The van der Waals surface area contributed by atoms with Crippen molar-refractivity contribution in [3.05, 3.63) is 85.8 Å². The fourth-order valence-corrected chi connectivity index (χ4v) is 6.08. The van der Waals surface area contributed by atoms with Crippen LogP contribution in [0.2, 0.25) is 0 Å². The number of rotatable bonds is 9. The maximum absolute atomic E-state index is 13.0. The van der Waals surface area contributed by atoms with Gasteiger partial charge in [-0.25, -0.2) is 0 Å². The summed E-state index contributed by atoms with van der Waals surface area (Å²) in [6.07, 6.45) is 0.760. The SMILES string of the molecule is COC(=O)C[C@H](c1ccc(OC(C)C)c(OC)c1)c1oc(CN2C[C@@H]3C[C@H](C2)c2cccc(=O)n2C3)cc(=O)c1O. The predicted octanol–water partition coefficient (Wildman–Crippen LogP) is 3.62. The number of esters is 1. The summed E-state index contributed by atoms with van der Waals surface area (Å²) in [4.78, 5) is 40.0. The molecule has 2 bridgehead atoms. The number of fused-ring (bicyclic) bond motifs is 4. The third-order valence-corrected chi connectivity index (χ3v) is 7.80. The maximum Gasteiger partial charge on any atom is 0.306 e. The fraction of sp³-hybridized carbons (Fsp3) is 0.452. The monoisotopic (exact) mass is 564 g/mol. The second-order valence-electron chi connectivity index (χ2n) is 11.1. The fourth-order valence-electron chi connectivity index (χ4n) is 6.08. The first-order valence-electron chi connectivity index (χ1n) is 13.9. The van der Waals surface area contributed by atoms with Crippen molar-refractivity contribution in [1.82, 2.24) is 9.47 Å². The molecule has 1 aromatic carbocycles. The lowest BCUT2D eigenvalue weighted by Gasteiger charge is -2.42. The summed E-state index contributed by atoms with van der Waals surface area (Å²) in [7, 11) is 2.80. The molecule has 0 amide bonds. The number of carbonyl (C=O) groups is 1. The summed E-state index contributed by atoms with van der Waals surface area (Å²) in [5.41, 5.74) is 1.06. The molecule has 1 N–H and O–H groups in total. The van der Waals surface area contributed by atoms with E-state index in [0.29, 0.717) is 48.4 Å². The van der Waals surface area contributed by atoms with E-state index in [-0.39, 0.29) is 29.8 Å². The molecule has 0 aliphatic carbocycles. The molecule has 10 heteroatoms. The van der Waals surface area contributed by atoms with Gasteiger partial charge in [-0.3, -0.25) is 19.3 Å². The number of hydrogen-bond donors (Lipinski definition) is 1. The Kier molecular flexibility index (Phi) is 8.21. The lowest BCUT2D eigenvalue weighted by Crippen LogP contribution is -2.46. The van der Waals surface area contributed by atoms with Crippen LogP contribution >= 0.6 is 0 Å². The van der Waals surface area contributed by atoms with Gasteiger partial charge in [0.15, 0.2) is 17.3 Å². The standard InChI is InChI=1S/C31H36N2O8/c1-18(2)40-26-9-8-20(11-27(26)38-3)23(13-29(36)39-4)31-30(37)25(34)12-22(41-31)17-32-14-19-10-21(16-32)24-6-5-7-28(35)33(24)15-19/h5-9,11-12,18-19,21,23,37H,10,13-17H2,1-4H3/t19-,21+,23+/m0/s1. The molecule has 3 atom stereocenters. The van der Waals surface area contributed by atoms with Crippen molar-refractivity contribution in [2.75, 3.05) is 27.3 Å². The third kappa shape index (κ3) is 6.02. The number of pyridine rings is 1. The highest BCUT2D eigenvalue weighted by atomic mass is 16.5. The molecule has 2 aromatic heterocycles. The van der Waals surface area contributed by atoms with Gasteiger partial charge < -0.3 is 28.3 Å². The summed E-state index contributed by atoms with van der Waals surface area (Å²) in [5, 5.41) is 10.9. The molecule has 0 unspecified atom stereocenters. The highest BCUT2D eigenvalue weighted by Gasteiger charge is 2.35. The summed E-state index contributed by atoms with van der Waals surface area (Å²) in [6, 6.07) is 11.9. The quantitative estimate of drug-likeness (QED) is 0.389. The van der Waals surface area contributed by atoms with Gasteiger partial charge in [-0.05, 0) is 49.9 Å². The first-order valence-corrected chi connectivity index (χ1v) is 13.9. The molecule has 5 rings (SSSR count). The van der Waals surface area contributed by atoms with Crippen molar-refractivity contribution in [2.45, 2.75) is 57.7 Å². The van der Waals surface area contributed by atoms with E-state index in [4.69, 9.17) is 18.6 Å². The molecule has 1 fully saturated rings. The van der Waals surface area contributed by atoms with Crippen molar-refractivity contribution >= 4 is 5.97 Å². The van der Waals surface area contributed by atoms with Crippen LogP contribution in [-0.2, 0) is 22.6 Å². The molecule has 2 aliphatic heterocycles. The number of likely N-dealkylation sites (tertiary alicyclic amines) is 1. The smallest absolute Gasteiger partial charge is 0.306 e. The maximum atomic E-state index is 13.0. The van der Waals surface area contributed by atoms with E-state index in [2.05, 4.69) is 4.90 Å². The topological polar surface area (TPSA) is 120 Å². The van der Waals surface area contributed by atoms with Gasteiger partial charge in [0, 0.05) is 43.4 Å². The molecule has 218 valence electrons. The van der Waals surface area contributed by atoms with Crippen LogP contribution < -0.4 is 20.5 Å². The predicted molar refractivity (Wildman–Crippen MR) is 151 cm³/mol. The van der Waals surface area contributed by atoms with Crippen molar-refractivity contribution in [3.63, 3.8) is 0 Å². The van der Waals surface area contributed by atoms with Crippen molar-refractivity contribution in [3.8, 4) is 17.2 Å². The summed E-state index contributed by atoms with van der Waals surface area (Å²) in [6.45, 7) is 6.27. The molecule has 0 saturated carbocycles. The lowest BCUT2D eigenvalue weighted by molar-refractivity contribution is -0.140. The largest absolute Gasteiger partial charge is 0.502 e. The van der Waals surface area contributed by atoms with Crippen LogP contribution in [0.4, 0.5) is 0 Å². The Hall–Kier alpha value is -4.05. The first kappa shape index (κ1) is 28.5. The molecular weight excluding hydrogens is 528 g/mol. The Morgan fingerprint density at radius 3 is 2.61 bits per heavy atom. The number of piperidine rings is 1. The van der Waals surface area contributed by atoms with Gasteiger partial charge in [0.2, 0.25) is 11.2 Å². The summed E-state index contributed by atoms with van der Waals surface area (Å²) >= 11 is 0. The zero-order chi connectivity index (χ0) is 29.3. The first-order chi connectivity index (χ1) is 19.7. The zero-order valence-electron chi connectivity index (χ0n) is 23.8. The van der Waals surface area contributed by atoms with Gasteiger partial charge in [-0.2, -0.15) is 0 Å². The third-order valence-electron chi connectivity index (χ3n) is 7.80. The average Bonchev–Trinajstić information content (AvgIpc) is 2.94. The number of aromatic hydroxyl groups is 1. The highest BCUT2D eigenvalue weighted by Crippen LogP contribution is 2.39. The van der Waals surface area contributed by atoms with Crippen LogP contribution in [0, 0.1) is 5.92 Å². The number of nitrogens with zero attached hydrogens (tertiary/aromatic N) is 2. The second-order valence-corrected chi connectivity index (χ2v) is 11.1. The van der Waals surface area contributed by atoms with Gasteiger partial charge in [0.05, 0.1) is 39.2 Å². The number of aromatic nitrogens is 1. The molecule has 1 saturated heterocycles. The van der Waals surface area contributed by atoms with E-state index in [0.717, 1.165) is 18.7 Å². The molecule has 2 aliphatic rings. The normalized spacial score (nSPS) is 19.0. The molecule has 10 nitrogen and oxygen atoms in total.